The molecule has 4 aliphatic carbocycles. The van der Waals surface area contributed by atoms with Gasteiger partial charge in [-0.15, -0.1) is 16.7 Å². The Morgan fingerprint density at radius 3 is 2.32 bits per heavy atom. The Morgan fingerprint density at radius 1 is 1.21 bits per heavy atom. The molecule has 5 rings (SSSR count). The highest BCUT2D eigenvalue weighted by Gasteiger charge is 2.54. The summed E-state index contributed by atoms with van der Waals surface area (Å²) in [4.78, 5) is 0. The molecule has 0 spiro atoms. The lowest BCUT2D eigenvalue weighted by atomic mass is 9.48. The molecule has 1 unspecified atom stereocenters. The first kappa shape index (κ1) is 12.1. The maximum atomic E-state index is 5.96. The number of alkyl halides is 1. The molecule has 4 aliphatic rings. The van der Waals surface area contributed by atoms with Gasteiger partial charge in [-0.3, -0.25) is 0 Å². The van der Waals surface area contributed by atoms with Crippen LogP contribution in [0.4, 0.5) is 0 Å². The summed E-state index contributed by atoms with van der Waals surface area (Å²) in [5.41, 5.74) is 0.435. The first-order valence-corrected chi connectivity index (χ1v) is 8.06. The Balaban J connectivity index is 1.68. The van der Waals surface area contributed by atoms with Crippen molar-refractivity contribution in [3.05, 3.63) is 5.82 Å². The number of hydrogen-bond acceptors (Lipinski definition) is 3. The van der Waals surface area contributed by atoms with Gasteiger partial charge in [0.25, 0.3) is 0 Å². The van der Waals surface area contributed by atoms with Gasteiger partial charge in [-0.25, -0.2) is 4.68 Å². The van der Waals surface area contributed by atoms with Crippen molar-refractivity contribution in [1.29, 1.82) is 0 Å². The van der Waals surface area contributed by atoms with Crippen LogP contribution < -0.4 is 0 Å². The van der Waals surface area contributed by atoms with Gasteiger partial charge < -0.3 is 0 Å². The quantitative estimate of drug-likeness (QED) is 0.799. The van der Waals surface area contributed by atoms with Crippen molar-refractivity contribution in [2.24, 2.45) is 23.2 Å². The smallest absolute Gasteiger partial charge is 0.166 e. The fourth-order valence-corrected chi connectivity index (χ4v) is 5.73. The highest BCUT2D eigenvalue weighted by atomic mass is 35.5. The van der Waals surface area contributed by atoms with Gasteiger partial charge in [-0.1, -0.05) is 0 Å². The van der Waals surface area contributed by atoms with Crippen molar-refractivity contribution in [3.8, 4) is 0 Å². The van der Waals surface area contributed by atoms with Gasteiger partial charge >= 0.3 is 0 Å². The molecule has 0 aliphatic heterocycles. The van der Waals surface area contributed by atoms with E-state index < -0.39 is 0 Å². The lowest BCUT2D eigenvalue weighted by Crippen LogP contribution is -2.49. The van der Waals surface area contributed by atoms with Crippen molar-refractivity contribution in [1.82, 2.24) is 20.2 Å². The lowest BCUT2D eigenvalue weighted by molar-refractivity contribution is -0.0817. The van der Waals surface area contributed by atoms with Gasteiger partial charge in [0.05, 0.1) is 11.9 Å². The highest BCUT2D eigenvalue weighted by molar-refractivity contribution is 6.16. The highest BCUT2D eigenvalue weighted by Crippen LogP contribution is 2.63. The van der Waals surface area contributed by atoms with E-state index in [2.05, 4.69) is 22.4 Å². The molecule has 1 heterocycles. The van der Waals surface area contributed by atoms with Crippen molar-refractivity contribution in [2.45, 2.75) is 57.4 Å². The van der Waals surface area contributed by atoms with Crippen molar-refractivity contribution < 1.29 is 0 Å². The second-order valence-corrected chi connectivity index (χ2v) is 7.40. The average molecular weight is 281 g/mol. The predicted molar refractivity (Wildman–Crippen MR) is 72.7 cm³/mol. The molecule has 0 N–H and O–H groups in total. The van der Waals surface area contributed by atoms with Crippen LogP contribution in [0, 0.1) is 23.2 Å². The van der Waals surface area contributed by atoms with Gasteiger partial charge in [0.15, 0.2) is 5.82 Å². The van der Waals surface area contributed by atoms with E-state index in [1.165, 1.54) is 38.5 Å². The van der Waals surface area contributed by atoms with E-state index in [0.717, 1.165) is 23.6 Å². The summed E-state index contributed by atoms with van der Waals surface area (Å²) in [5, 5.41) is 12.1. The molecule has 4 saturated carbocycles. The summed E-state index contributed by atoms with van der Waals surface area (Å²) in [6.07, 6.45) is 8.56. The number of rotatable bonds is 3. The minimum atomic E-state index is 0.393. The Bertz CT molecular complexity index is 448. The number of tetrazole rings is 1. The molecular formula is C14H21ClN4. The van der Waals surface area contributed by atoms with E-state index in [0.29, 0.717) is 17.3 Å². The number of nitrogens with zero attached hydrogens (tertiary/aromatic N) is 4. The maximum Gasteiger partial charge on any atom is 0.166 e. The van der Waals surface area contributed by atoms with Crippen LogP contribution in [0.3, 0.4) is 0 Å². The van der Waals surface area contributed by atoms with Crippen LogP contribution in [0.1, 0.15) is 57.3 Å². The van der Waals surface area contributed by atoms with E-state index in [1.54, 1.807) is 0 Å². The molecule has 1 aromatic rings. The second-order valence-electron chi connectivity index (χ2n) is 7.13. The molecule has 4 nitrogen and oxygen atoms in total. The van der Waals surface area contributed by atoms with Crippen LogP contribution in [0.2, 0.25) is 0 Å². The number of halogens is 1. The third-order valence-electron chi connectivity index (χ3n) is 6.02. The fraction of sp³-hybridized carbons (Fsp3) is 0.929. The fourth-order valence-electron chi connectivity index (χ4n) is 5.55. The zero-order valence-corrected chi connectivity index (χ0v) is 12.2. The monoisotopic (exact) mass is 280 g/mol. The molecule has 4 bridgehead atoms. The zero-order chi connectivity index (χ0) is 13.0. The van der Waals surface area contributed by atoms with Crippen molar-refractivity contribution in [3.63, 3.8) is 0 Å². The molecule has 1 aromatic heterocycles. The molecule has 104 valence electrons. The first-order valence-electron chi connectivity index (χ1n) is 7.53. The Morgan fingerprint density at radius 2 is 1.79 bits per heavy atom. The minimum absolute atomic E-state index is 0.393. The molecule has 0 aromatic carbocycles. The third-order valence-corrected chi connectivity index (χ3v) is 6.26. The van der Waals surface area contributed by atoms with E-state index >= 15 is 0 Å². The summed E-state index contributed by atoms with van der Waals surface area (Å²) in [6, 6.07) is 0.393. The summed E-state index contributed by atoms with van der Waals surface area (Å²) in [5.74, 6) is 4.12. The van der Waals surface area contributed by atoms with Crippen LogP contribution in [0.15, 0.2) is 0 Å². The molecule has 19 heavy (non-hydrogen) atoms. The van der Waals surface area contributed by atoms with Crippen LogP contribution in [-0.4, -0.2) is 20.2 Å². The summed E-state index contributed by atoms with van der Waals surface area (Å²) in [7, 11) is 0. The van der Waals surface area contributed by atoms with Crippen LogP contribution >= 0.6 is 11.6 Å². The molecule has 5 heteroatoms. The Kier molecular flexibility index (Phi) is 2.66. The maximum absolute atomic E-state index is 5.96. The minimum Gasteiger partial charge on any atom is -0.225 e. The van der Waals surface area contributed by atoms with Gasteiger partial charge in [0, 0.05) is 0 Å². The van der Waals surface area contributed by atoms with Gasteiger partial charge in [0.2, 0.25) is 0 Å². The SMILES string of the molecule is CC(n1nnnc1CCl)C12CC3CC(CC(C3)C1)C2. The summed E-state index contributed by atoms with van der Waals surface area (Å²) in [6.45, 7) is 2.31. The summed E-state index contributed by atoms with van der Waals surface area (Å²) >= 11 is 5.96. The largest absolute Gasteiger partial charge is 0.225 e. The third kappa shape index (κ3) is 1.75. The number of aromatic nitrogens is 4. The molecular weight excluding hydrogens is 260 g/mol. The standard InChI is InChI=1S/C14H21ClN4/c1-9(19-13(8-15)16-17-18-19)14-5-10-2-11(6-14)4-12(3-10)7-14/h9-12H,2-8H2,1H3. The Labute approximate surface area is 118 Å². The van der Waals surface area contributed by atoms with Gasteiger partial charge in [-0.05, 0) is 79.0 Å². The van der Waals surface area contributed by atoms with E-state index in [1.807, 2.05) is 4.68 Å². The van der Waals surface area contributed by atoms with Crippen LogP contribution in [0.25, 0.3) is 0 Å². The molecule has 0 saturated heterocycles. The predicted octanol–water partition coefficient (Wildman–Crippen LogP) is 3.19. The zero-order valence-electron chi connectivity index (χ0n) is 11.4. The van der Waals surface area contributed by atoms with Crippen molar-refractivity contribution >= 4 is 11.6 Å². The van der Waals surface area contributed by atoms with Crippen LogP contribution in [0.5, 0.6) is 0 Å². The van der Waals surface area contributed by atoms with Gasteiger partial charge in [-0.2, -0.15) is 0 Å². The van der Waals surface area contributed by atoms with E-state index in [9.17, 15) is 0 Å². The molecule has 0 amide bonds. The molecule has 0 radical (unpaired) electrons. The Hall–Kier alpha value is -0.640. The molecule has 1 atom stereocenters. The number of hydrogen-bond donors (Lipinski definition) is 0. The van der Waals surface area contributed by atoms with E-state index in [4.69, 9.17) is 11.6 Å². The first-order chi connectivity index (χ1) is 9.20. The topological polar surface area (TPSA) is 43.6 Å². The summed E-state index contributed by atoms with van der Waals surface area (Å²) < 4.78 is 2.00. The van der Waals surface area contributed by atoms with Crippen molar-refractivity contribution in [2.75, 3.05) is 0 Å². The lowest BCUT2D eigenvalue weighted by Gasteiger charge is -2.58. The molecule has 4 fully saturated rings. The second kappa shape index (κ2) is 4.18. The van der Waals surface area contributed by atoms with Gasteiger partial charge in [0.1, 0.15) is 0 Å². The van der Waals surface area contributed by atoms with Crippen LogP contribution in [-0.2, 0) is 5.88 Å². The van der Waals surface area contributed by atoms with E-state index in [-0.39, 0.29) is 0 Å². The average Bonchev–Trinajstić information content (AvgIpc) is 2.84. The normalized spacial score (nSPS) is 41.7.